The molecule has 184 valence electrons. The number of nitrogen functional groups attached to an aromatic ring is 1. The number of nitrogens with one attached hydrogen (secondary N) is 3. The molecule has 0 radical (unpaired) electrons. The molecule has 5 N–H and O–H groups in total. The number of hydrogen-bond acceptors (Lipinski definition) is 6. The summed E-state index contributed by atoms with van der Waals surface area (Å²) in [6.45, 7) is 0.574. The zero-order valence-corrected chi connectivity index (χ0v) is 20.2. The van der Waals surface area contributed by atoms with Gasteiger partial charge in [0, 0.05) is 38.7 Å². The van der Waals surface area contributed by atoms with E-state index in [9.17, 15) is 14.4 Å². The average Bonchev–Trinajstić information content (AvgIpc) is 3.63. The van der Waals surface area contributed by atoms with Gasteiger partial charge in [0.25, 0.3) is 5.91 Å². The minimum absolute atomic E-state index is 0.0172. The topological polar surface area (TPSA) is 142 Å². The zero-order chi connectivity index (χ0) is 25.2. The first kappa shape index (κ1) is 23.6. The van der Waals surface area contributed by atoms with E-state index >= 15 is 0 Å². The largest absolute Gasteiger partial charge is 0.456 e. The van der Waals surface area contributed by atoms with Crippen molar-refractivity contribution in [1.29, 1.82) is 5.41 Å². The third-order valence-corrected chi connectivity index (χ3v) is 7.25. The van der Waals surface area contributed by atoms with Crippen LogP contribution >= 0.6 is 11.3 Å². The summed E-state index contributed by atoms with van der Waals surface area (Å²) < 4.78 is 5.80. The summed E-state index contributed by atoms with van der Waals surface area (Å²) in [6.07, 6.45) is 1.29. The molecule has 1 saturated heterocycles. The number of carbonyl (C=O) groups is 3. The molecule has 2 aromatic heterocycles. The number of fused-ring (bicyclic) bond motifs is 3. The highest BCUT2D eigenvalue weighted by molar-refractivity contribution is 7.10. The van der Waals surface area contributed by atoms with Gasteiger partial charge in [0.1, 0.15) is 23.0 Å². The lowest BCUT2D eigenvalue weighted by Crippen LogP contribution is -2.48. The van der Waals surface area contributed by atoms with Crippen LogP contribution in [0.1, 0.15) is 33.6 Å². The number of benzene rings is 2. The molecule has 4 aromatic rings. The van der Waals surface area contributed by atoms with Crippen molar-refractivity contribution >= 4 is 56.8 Å². The van der Waals surface area contributed by atoms with Crippen molar-refractivity contribution in [2.24, 2.45) is 5.73 Å². The van der Waals surface area contributed by atoms with Gasteiger partial charge in [-0.2, -0.15) is 0 Å². The van der Waals surface area contributed by atoms with E-state index in [4.69, 9.17) is 15.6 Å². The van der Waals surface area contributed by atoms with Crippen LogP contribution in [0.2, 0.25) is 0 Å². The van der Waals surface area contributed by atoms with Gasteiger partial charge in [-0.05, 0) is 43.2 Å². The molecule has 2 aromatic carbocycles. The summed E-state index contributed by atoms with van der Waals surface area (Å²) in [5, 5.41) is 16.6. The Morgan fingerprint density at radius 2 is 1.86 bits per heavy atom. The Bertz CT molecular complexity index is 1490. The first-order chi connectivity index (χ1) is 17.4. The van der Waals surface area contributed by atoms with Gasteiger partial charge in [-0.15, -0.1) is 11.3 Å². The zero-order valence-electron chi connectivity index (χ0n) is 19.4. The molecule has 1 aliphatic rings. The second-order valence-corrected chi connectivity index (χ2v) is 9.67. The van der Waals surface area contributed by atoms with E-state index in [-0.39, 0.29) is 30.1 Å². The van der Waals surface area contributed by atoms with Gasteiger partial charge in [0.05, 0.1) is 13.1 Å². The number of amidine groups is 1. The molecule has 3 heterocycles. The summed E-state index contributed by atoms with van der Waals surface area (Å²) >= 11 is 1.41. The molecule has 5 rings (SSSR count). The van der Waals surface area contributed by atoms with Crippen molar-refractivity contribution in [3.05, 3.63) is 69.9 Å². The van der Waals surface area contributed by atoms with Crippen molar-refractivity contribution in [3.8, 4) is 0 Å². The van der Waals surface area contributed by atoms with Crippen LogP contribution in [-0.4, -0.2) is 47.6 Å². The standard InChI is InChI=1S/C26H25N5O4S/c27-24(28)16-10-17(36-14-16)12-29-26(34)20-5-3-9-31(20)23(32)13-30-25(33)15-7-8-22-19(11-15)18-4-1-2-6-21(18)35-22/h1-2,4,6-8,10-11,14,20H,3,5,9,12-13H2,(H3,27,28)(H,29,34)(H,30,33). The quantitative estimate of drug-likeness (QED) is 0.227. The van der Waals surface area contributed by atoms with E-state index in [0.29, 0.717) is 36.2 Å². The monoisotopic (exact) mass is 503 g/mol. The van der Waals surface area contributed by atoms with Gasteiger partial charge in [-0.3, -0.25) is 19.8 Å². The smallest absolute Gasteiger partial charge is 0.251 e. The summed E-state index contributed by atoms with van der Waals surface area (Å²) in [7, 11) is 0. The van der Waals surface area contributed by atoms with Crippen molar-refractivity contribution < 1.29 is 18.8 Å². The van der Waals surface area contributed by atoms with Crippen LogP contribution in [0.4, 0.5) is 0 Å². The first-order valence-corrected chi connectivity index (χ1v) is 12.5. The van der Waals surface area contributed by atoms with Gasteiger partial charge in [-0.25, -0.2) is 0 Å². The number of thiophene rings is 1. The van der Waals surface area contributed by atoms with E-state index in [1.54, 1.807) is 29.6 Å². The number of nitrogens with two attached hydrogens (primary N) is 1. The molecule has 1 atom stereocenters. The number of rotatable bonds is 7. The van der Waals surface area contributed by atoms with Crippen LogP contribution in [0.25, 0.3) is 21.9 Å². The van der Waals surface area contributed by atoms with Crippen LogP contribution in [0.5, 0.6) is 0 Å². The Morgan fingerprint density at radius 3 is 2.67 bits per heavy atom. The predicted molar refractivity (Wildman–Crippen MR) is 138 cm³/mol. The maximum Gasteiger partial charge on any atom is 0.251 e. The van der Waals surface area contributed by atoms with E-state index in [0.717, 1.165) is 27.7 Å². The number of likely N-dealkylation sites (tertiary alicyclic amines) is 1. The van der Waals surface area contributed by atoms with Gasteiger partial charge in [-0.1, -0.05) is 18.2 Å². The molecule has 1 unspecified atom stereocenters. The van der Waals surface area contributed by atoms with E-state index in [2.05, 4.69) is 10.6 Å². The fourth-order valence-electron chi connectivity index (χ4n) is 4.47. The first-order valence-electron chi connectivity index (χ1n) is 11.6. The summed E-state index contributed by atoms with van der Waals surface area (Å²) in [5.41, 5.74) is 7.98. The molecular weight excluding hydrogens is 478 g/mol. The summed E-state index contributed by atoms with van der Waals surface area (Å²) in [6, 6.07) is 14.0. The number of nitrogens with zero attached hydrogens (tertiary/aromatic N) is 1. The molecule has 10 heteroatoms. The lowest BCUT2D eigenvalue weighted by Gasteiger charge is -2.24. The fraction of sp³-hybridized carbons (Fsp3) is 0.231. The fourth-order valence-corrected chi connectivity index (χ4v) is 5.30. The maximum atomic E-state index is 12.9. The molecular formula is C26H25N5O4S. The van der Waals surface area contributed by atoms with Gasteiger partial charge >= 0.3 is 0 Å². The average molecular weight is 504 g/mol. The third kappa shape index (κ3) is 4.67. The number of hydrogen-bond donors (Lipinski definition) is 4. The van der Waals surface area contributed by atoms with E-state index in [1.807, 2.05) is 24.3 Å². The molecule has 0 aliphatic carbocycles. The molecule has 1 aliphatic heterocycles. The Labute approximate surface area is 210 Å². The van der Waals surface area contributed by atoms with Gasteiger partial charge in [0.15, 0.2) is 0 Å². The predicted octanol–water partition coefficient (Wildman–Crippen LogP) is 2.97. The normalized spacial score (nSPS) is 15.3. The number of amides is 3. The summed E-state index contributed by atoms with van der Waals surface area (Å²) in [4.78, 5) is 40.8. The number of para-hydroxylation sites is 1. The van der Waals surface area contributed by atoms with Crippen LogP contribution in [-0.2, 0) is 16.1 Å². The molecule has 0 bridgehead atoms. The van der Waals surface area contributed by atoms with Crippen LogP contribution < -0.4 is 16.4 Å². The van der Waals surface area contributed by atoms with Gasteiger partial charge in [0.2, 0.25) is 11.8 Å². The van der Waals surface area contributed by atoms with Crippen LogP contribution in [0.3, 0.4) is 0 Å². The second-order valence-electron chi connectivity index (χ2n) is 8.67. The van der Waals surface area contributed by atoms with Crippen molar-refractivity contribution in [3.63, 3.8) is 0 Å². The Balaban J connectivity index is 1.18. The number of furan rings is 1. The van der Waals surface area contributed by atoms with E-state index < -0.39 is 6.04 Å². The molecule has 0 saturated carbocycles. The Morgan fingerprint density at radius 1 is 1.06 bits per heavy atom. The van der Waals surface area contributed by atoms with Crippen molar-refractivity contribution in [2.75, 3.05) is 13.1 Å². The Kier molecular flexibility index (Phi) is 6.43. The molecule has 9 nitrogen and oxygen atoms in total. The molecule has 3 amide bonds. The highest BCUT2D eigenvalue weighted by Crippen LogP contribution is 2.29. The molecule has 0 spiro atoms. The minimum Gasteiger partial charge on any atom is -0.456 e. The van der Waals surface area contributed by atoms with Crippen molar-refractivity contribution in [1.82, 2.24) is 15.5 Å². The highest BCUT2D eigenvalue weighted by atomic mass is 32.1. The SMILES string of the molecule is N=C(N)c1csc(CNC(=O)C2CCCN2C(=O)CNC(=O)c2ccc3oc4ccccc4c3c2)c1. The molecule has 1 fully saturated rings. The second kappa shape index (κ2) is 9.82. The number of carbonyl (C=O) groups excluding carboxylic acids is 3. The molecule has 36 heavy (non-hydrogen) atoms. The lowest BCUT2D eigenvalue weighted by molar-refractivity contribution is -0.137. The van der Waals surface area contributed by atoms with Gasteiger partial charge < -0.3 is 25.7 Å². The van der Waals surface area contributed by atoms with Crippen molar-refractivity contribution in [2.45, 2.75) is 25.4 Å². The highest BCUT2D eigenvalue weighted by Gasteiger charge is 2.34. The Hall–Kier alpha value is -4.18. The van der Waals surface area contributed by atoms with Crippen LogP contribution in [0.15, 0.2) is 58.3 Å². The lowest BCUT2D eigenvalue weighted by atomic mass is 10.1. The van der Waals surface area contributed by atoms with E-state index in [1.165, 1.54) is 16.2 Å². The summed E-state index contributed by atoms with van der Waals surface area (Å²) in [5.74, 6) is -0.917. The minimum atomic E-state index is -0.574. The third-order valence-electron chi connectivity index (χ3n) is 6.32. The van der Waals surface area contributed by atoms with Crippen LogP contribution in [0, 0.1) is 5.41 Å². The maximum absolute atomic E-state index is 12.9.